The normalized spacial score (nSPS) is 25.9. The fourth-order valence-corrected chi connectivity index (χ4v) is 2.05. The Morgan fingerprint density at radius 1 is 1.64 bits per heavy atom. The van der Waals surface area contributed by atoms with Crippen LogP contribution in [0.1, 0.15) is 6.92 Å². The van der Waals surface area contributed by atoms with E-state index in [1.54, 1.807) is 6.92 Å². The van der Waals surface area contributed by atoms with Crippen LogP contribution in [0, 0.1) is 0 Å². The SMILES string of the molecule is CCOC(=O)C1=C(O)C=S(C)(=O)C=C1. The number of allylic oxidation sites excluding steroid dienone is 1. The monoisotopic (exact) mass is 216 g/mol. The second-order valence-corrected chi connectivity index (χ2v) is 5.35. The molecule has 1 heterocycles. The molecule has 0 aliphatic carbocycles. The van der Waals surface area contributed by atoms with Crippen LogP contribution in [0.4, 0.5) is 0 Å². The van der Waals surface area contributed by atoms with Crippen molar-refractivity contribution in [2.45, 2.75) is 6.92 Å². The van der Waals surface area contributed by atoms with Gasteiger partial charge in [-0.2, -0.15) is 0 Å². The summed E-state index contributed by atoms with van der Waals surface area (Å²) in [5, 5.41) is 11.9. The number of esters is 1. The van der Waals surface area contributed by atoms with Crippen molar-refractivity contribution in [2.24, 2.45) is 0 Å². The van der Waals surface area contributed by atoms with Crippen LogP contribution in [0.2, 0.25) is 0 Å². The van der Waals surface area contributed by atoms with E-state index in [9.17, 15) is 14.1 Å². The van der Waals surface area contributed by atoms with Crippen LogP contribution in [0.3, 0.4) is 0 Å². The highest BCUT2D eigenvalue weighted by Crippen LogP contribution is 2.12. The molecule has 0 bridgehead atoms. The van der Waals surface area contributed by atoms with Crippen molar-refractivity contribution in [3.63, 3.8) is 0 Å². The average Bonchev–Trinajstić information content (AvgIpc) is 2.02. The molecule has 1 N–H and O–H groups in total. The van der Waals surface area contributed by atoms with E-state index in [1.807, 2.05) is 0 Å². The number of hydrogen-bond donors (Lipinski definition) is 1. The number of aliphatic hydroxyl groups excluding tert-OH is 1. The Kier molecular flexibility index (Phi) is 3.00. The molecule has 0 aromatic rings. The molecule has 4 nitrogen and oxygen atoms in total. The lowest BCUT2D eigenvalue weighted by Gasteiger charge is -2.09. The van der Waals surface area contributed by atoms with Crippen molar-refractivity contribution in [2.75, 3.05) is 12.9 Å². The van der Waals surface area contributed by atoms with Gasteiger partial charge in [-0.1, -0.05) is 0 Å². The van der Waals surface area contributed by atoms with Crippen LogP contribution in [0.5, 0.6) is 0 Å². The van der Waals surface area contributed by atoms with Crippen molar-refractivity contribution in [3.8, 4) is 0 Å². The van der Waals surface area contributed by atoms with Crippen molar-refractivity contribution in [1.82, 2.24) is 0 Å². The number of ether oxygens (including phenoxy) is 1. The lowest BCUT2D eigenvalue weighted by Crippen LogP contribution is -2.14. The van der Waals surface area contributed by atoms with E-state index in [0.29, 0.717) is 0 Å². The van der Waals surface area contributed by atoms with E-state index in [-0.39, 0.29) is 17.9 Å². The van der Waals surface area contributed by atoms with Gasteiger partial charge in [-0.3, -0.25) is 4.21 Å². The van der Waals surface area contributed by atoms with Crippen LogP contribution in [-0.2, 0) is 19.1 Å². The Bertz CT molecular complexity index is 422. The largest absolute Gasteiger partial charge is 0.506 e. The molecule has 14 heavy (non-hydrogen) atoms. The molecule has 0 radical (unpaired) electrons. The number of aliphatic hydroxyl groups is 1. The highest BCUT2D eigenvalue weighted by atomic mass is 32.2. The lowest BCUT2D eigenvalue weighted by atomic mass is 10.2. The highest BCUT2D eigenvalue weighted by Gasteiger charge is 2.16. The zero-order valence-corrected chi connectivity index (χ0v) is 8.84. The van der Waals surface area contributed by atoms with E-state index in [4.69, 9.17) is 4.74 Å². The predicted molar refractivity (Wildman–Crippen MR) is 55.6 cm³/mol. The van der Waals surface area contributed by atoms with Gasteiger partial charge in [0.2, 0.25) is 0 Å². The molecule has 0 saturated heterocycles. The smallest absolute Gasteiger partial charge is 0.341 e. The molecule has 1 rings (SSSR count). The fraction of sp³-hybridized carbons (Fsp3) is 0.333. The molecule has 0 fully saturated rings. The lowest BCUT2D eigenvalue weighted by molar-refractivity contribution is -0.138. The van der Waals surface area contributed by atoms with Gasteiger partial charge < -0.3 is 9.84 Å². The van der Waals surface area contributed by atoms with Gasteiger partial charge in [-0.25, -0.2) is 4.79 Å². The van der Waals surface area contributed by atoms with Crippen LogP contribution in [0.15, 0.2) is 22.8 Å². The summed E-state index contributed by atoms with van der Waals surface area (Å²) in [4.78, 5) is 11.2. The standard InChI is InChI=1S/C9H12O4S/c1-3-13-9(11)7-4-5-14(2,12)6-8(7)10/h4-6,10H,3H2,1-2H3. The van der Waals surface area contributed by atoms with Crippen LogP contribution < -0.4 is 0 Å². The number of rotatable bonds is 2. The number of hydrogen-bond acceptors (Lipinski definition) is 4. The molecular weight excluding hydrogens is 204 g/mol. The molecule has 0 saturated carbocycles. The summed E-state index contributed by atoms with van der Waals surface area (Å²) in [6, 6.07) is 0. The summed E-state index contributed by atoms with van der Waals surface area (Å²) < 4.78 is 16.2. The topological polar surface area (TPSA) is 63.6 Å². The summed E-state index contributed by atoms with van der Waals surface area (Å²) in [7, 11) is -2.28. The molecule has 0 amide bonds. The van der Waals surface area contributed by atoms with E-state index in [2.05, 4.69) is 0 Å². The molecule has 1 atom stereocenters. The van der Waals surface area contributed by atoms with Crippen LogP contribution in [0.25, 0.3) is 0 Å². The summed E-state index contributed by atoms with van der Waals surface area (Å²) in [6.45, 7) is 1.92. The Hall–Kier alpha value is -1.23. The third kappa shape index (κ3) is 2.38. The maximum Gasteiger partial charge on any atom is 0.341 e. The highest BCUT2D eigenvalue weighted by molar-refractivity contribution is 8.03. The summed E-state index contributed by atoms with van der Waals surface area (Å²) >= 11 is 0. The maximum atomic E-state index is 11.5. The first kappa shape index (κ1) is 10.8. The fourth-order valence-electron chi connectivity index (χ4n) is 0.994. The first-order chi connectivity index (χ1) is 6.46. The minimum Gasteiger partial charge on any atom is -0.506 e. The van der Waals surface area contributed by atoms with Crippen molar-refractivity contribution in [3.05, 3.63) is 22.8 Å². The Balaban J connectivity index is 3.06. The third-order valence-corrected chi connectivity index (χ3v) is 2.99. The molecule has 5 heteroatoms. The van der Waals surface area contributed by atoms with Crippen LogP contribution >= 0.6 is 0 Å². The van der Waals surface area contributed by atoms with Gasteiger partial charge in [0.15, 0.2) is 0 Å². The first-order valence-electron chi connectivity index (χ1n) is 4.08. The molecular formula is C9H12O4S. The quantitative estimate of drug-likeness (QED) is 0.542. The second-order valence-electron chi connectivity index (χ2n) is 2.91. The van der Waals surface area contributed by atoms with Gasteiger partial charge in [0.1, 0.15) is 11.3 Å². The zero-order valence-electron chi connectivity index (χ0n) is 8.02. The van der Waals surface area contributed by atoms with E-state index in [1.165, 1.54) is 23.1 Å². The molecule has 78 valence electrons. The molecule has 0 spiro atoms. The maximum absolute atomic E-state index is 11.5. The Labute approximate surface area is 82.9 Å². The summed E-state index contributed by atoms with van der Waals surface area (Å²) in [6.07, 6.45) is 2.80. The Morgan fingerprint density at radius 3 is 2.79 bits per heavy atom. The van der Waals surface area contributed by atoms with Gasteiger partial charge in [0.05, 0.1) is 6.61 Å². The third-order valence-electron chi connectivity index (χ3n) is 1.62. The minimum atomic E-state index is -2.28. The van der Waals surface area contributed by atoms with Gasteiger partial charge in [0, 0.05) is 11.6 Å². The molecule has 1 unspecified atom stereocenters. The van der Waals surface area contributed by atoms with Crippen LogP contribution in [-0.4, -0.2) is 33.5 Å². The number of carbonyl (C=O) groups is 1. The predicted octanol–water partition coefficient (Wildman–Crippen LogP) is 0.605. The Morgan fingerprint density at radius 2 is 2.29 bits per heavy atom. The average molecular weight is 216 g/mol. The number of carbonyl (C=O) groups excluding carboxylic acids is 1. The second kappa shape index (κ2) is 3.88. The molecule has 1 aliphatic heterocycles. The van der Waals surface area contributed by atoms with E-state index < -0.39 is 15.5 Å². The van der Waals surface area contributed by atoms with Crippen molar-refractivity contribution < 1.29 is 18.8 Å². The summed E-state index contributed by atoms with van der Waals surface area (Å²) in [5.41, 5.74) is 0.0488. The van der Waals surface area contributed by atoms with Gasteiger partial charge in [-0.05, 0) is 27.9 Å². The van der Waals surface area contributed by atoms with Gasteiger partial charge in [0.25, 0.3) is 0 Å². The molecule has 1 aliphatic rings. The molecule has 0 aromatic heterocycles. The zero-order chi connectivity index (χ0) is 10.8. The first-order valence-corrected chi connectivity index (χ1v) is 6.18. The summed E-state index contributed by atoms with van der Waals surface area (Å²) in [5.74, 6) is -0.883. The minimum absolute atomic E-state index is 0.0488. The van der Waals surface area contributed by atoms with Gasteiger partial charge in [-0.15, -0.1) is 0 Å². The van der Waals surface area contributed by atoms with Crippen molar-refractivity contribution >= 4 is 20.9 Å². The molecule has 0 aromatic carbocycles. The van der Waals surface area contributed by atoms with Gasteiger partial charge >= 0.3 is 5.97 Å². The van der Waals surface area contributed by atoms with E-state index >= 15 is 0 Å². The van der Waals surface area contributed by atoms with Crippen molar-refractivity contribution in [1.29, 1.82) is 0 Å². The van der Waals surface area contributed by atoms with E-state index in [0.717, 1.165) is 0 Å².